The zero-order valence-electron chi connectivity index (χ0n) is 10.6. The molecule has 0 unspecified atom stereocenters. The van der Waals surface area contributed by atoms with E-state index in [1.165, 1.54) is 23.1 Å². The number of hydrogen-bond donors (Lipinski definition) is 1. The Morgan fingerprint density at radius 3 is 2.90 bits per heavy atom. The smallest absolute Gasteiger partial charge is 0.313 e. The number of halogens is 1. The van der Waals surface area contributed by atoms with Gasteiger partial charge in [-0.2, -0.15) is 0 Å². The average Bonchev–Trinajstić information content (AvgIpc) is 2.88. The standard InChI is InChI=1S/C12H12BrN3O2S2/c1-16(6-8-4-2-3-5-9(8)13)11-14-15-12(20-11)19-7-10(17)18/h2-5H,6-7H2,1H3,(H,17,18). The van der Waals surface area contributed by atoms with E-state index in [1.807, 2.05) is 36.2 Å². The molecule has 106 valence electrons. The highest BCUT2D eigenvalue weighted by atomic mass is 79.9. The van der Waals surface area contributed by atoms with Crippen molar-refractivity contribution in [2.45, 2.75) is 10.9 Å². The number of carbonyl (C=O) groups is 1. The Morgan fingerprint density at radius 2 is 2.20 bits per heavy atom. The van der Waals surface area contributed by atoms with E-state index < -0.39 is 5.97 Å². The minimum atomic E-state index is -0.853. The van der Waals surface area contributed by atoms with Gasteiger partial charge in [-0.3, -0.25) is 4.79 Å². The summed E-state index contributed by atoms with van der Waals surface area (Å²) in [4.78, 5) is 12.5. The third-order valence-electron chi connectivity index (χ3n) is 2.41. The molecule has 0 aliphatic carbocycles. The fourth-order valence-electron chi connectivity index (χ4n) is 1.49. The van der Waals surface area contributed by atoms with Crippen LogP contribution in [0.2, 0.25) is 0 Å². The van der Waals surface area contributed by atoms with Gasteiger partial charge in [0.1, 0.15) is 0 Å². The zero-order valence-corrected chi connectivity index (χ0v) is 13.8. The summed E-state index contributed by atoms with van der Waals surface area (Å²) in [5.74, 6) is -0.851. The van der Waals surface area contributed by atoms with Crippen LogP contribution in [0.5, 0.6) is 0 Å². The molecule has 0 atom stereocenters. The first kappa shape index (κ1) is 15.3. The normalized spacial score (nSPS) is 10.5. The van der Waals surface area contributed by atoms with Crippen LogP contribution in [0.25, 0.3) is 0 Å². The van der Waals surface area contributed by atoms with Crippen LogP contribution >= 0.6 is 39.0 Å². The van der Waals surface area contributed by atoms with Crippen molar-refractivity contribution in [3.05, 3.63) is 34.3 Å². The molecule has 0 bridgehead atoms. The van der Waals surface area contributed by atoms with Crippen molar-refractivity contribution in [1.82, 2.24) is 10.2 Å². The monoisotopic (exact) mass is 373 g/mol. The van der Waals surface area contributed by atoms with Gasteiger partial charge in [-0.1, -0.05) is 57.2 Å². The number of aromatic nitrogens is 2. The van der Waals surface area contributed by atoms with Crippen molar-refractivity contribution in [3.63, 3.8) is 0 Å². The largest absolute Gasteiger partial charge is 0.481 e. The Labute approximate surface area is 133 Å². The SMILES string of the molecule is CN(Cc1ccccc1Br)c1nnc(SCC(=O)O)s1. The van der Waals surface area contributed by atoms with Crippen LogP contribution in [0.3, 0.4) is 0 Å². The second-order valence-corrected chi connectivity index (χ2v) is 7.01. The van der Waals surface area contributed by atoms with Crippen LogP contribution in [0.1, 0.15) is 5.56 Å². The molecule has 0 saturated carbocycles. The summed E-state index contributed by atoms with van der Waals surface area (Å²) < 4.78 is 1.72. The molecule has 2 aromatic rings. The van der Waals surface area contributed by atoms with Crippen LogP contribution in [0, 0.1) is 0 Å². The predicted octanol–water partition coefficient (Wildman–Crippen LogP) is 3.11. The van der Waals surface area contributed by atoms with Crippen LogP contribution in [0.4, 0.5) is 5.13 Å². The van der Waals surface area contributed by atoms with Crippen LogP contribution in [-0.4, -0.2) is 34.1 Å². The lowest BCUT2D eigenvalue weighted by molar-refractivity contribution is -0.133. The van der Waals surface area contributed by atoms with E-state index in [9.17, 15) is 4.79 Å². The van der Waals surface area contributed by atoms with Crippen LogP contribution in [-0.2, 0) is 11.3 Å². The number of nitrogens with zero attached hydrogens (tertiary/aromatic N) is 3. The van der Waals surface area contributed by atoms with Gasteiger partial charge in [0.2, 0.25) is 5.13 Å². The van der Waals surface area contributed by atoms with E-state index >= 15 is 0 Å². The van der Waals surface area contributed by atoms with Gasteiger partial charge >= 0.3 is 5.97 Å². The third kappa shape index (κ3) is 4.19. The van der Waals surface area contributed by atoms with Gasteiger partial charge in [0, 0.05) is 18.1 Å². The van der Waals surface area contributed by atoms with Crippen molar-refractivity contribution < 1.29 is 9.90 Å². The van der Waals surface area contributed by atoms with E-state index in [2.05, 4.69) is 26.1 Å². The molecule has 1 aromatic carbocycles. The number of hydrogen-bond acceptors (Lipinski definition) is 6. The maximum atomic E-state index is 10.5. The van der Waals surface area contributed by atoms with Gasteiger partial charge in [0.15, 0.2) is 4.34 Å². The van der Waals surface area contributed by atoms with Crippen molar-refractivity contribution in [1.29, 1.82) is 0 Å². The lowest BCUT2D eigenvalue weighted by Crippen LogP contribution is -2.16. The number of benzene rings is 1. The van der Waals surface area contributed by atoms with Crippen LogP contribution in [0.15, 0.2) is 33.1 Å². The van der Waals surface area contributed by atoms with Crippen molar-refractivity contribution in [2.75, 3.05) is 17.7 Å². The molecule has 5 nitrogen and oxygen atoms in total. The molecule has 0 radical (unpaired) electrons. The van der Waals surface area contributed by atoms with Crippen molar-refractivity contribution >= 4 is 50.1 Å². The predicted molar refractivity (Wildman–Crippen MR) is 84.5 cm³/mol. The average molecular weight is 374 g/mol. The third-order valence-corrected chi connectivity index (χ3v) is 5.34. The molecular weight excluding hydrogens is 362 g/mol. The molecule has 1 heterocycles. The second-order valence-electron chi connectivity index (χ2n) is 3.98. The van der Waals surface area contributed by atoms with Crippen molar-refractivity contribution in [2.24, 2.45) is 0 Å². The fourth-order valence-corrected chi connectivity index (χ4v) is 3.42. The second kappa shape index (κ2) is 7.05. The maximum absolute atomic E-state index is 10.5. The zero-order chi connectivity index (χ0) is 14.5. The Morgan fingerprint density at radius 1 is 1.45 bits per heavy atom. The summed E-state index contributed by atoms with van der Waals surface area (Å²) in [5, 5.41) is 17.5. The first-order chi connectivity index (χ1) is 9.56. The quantitative estimate of drug-likeness (QED) is 0.784. The summed E-state index contributed by atoms with van der Waals surface area (Å²) in [6.45, 7) is 0.708. The lowest BCUT2D eigenvalue weighted by atomic mass is 10.2. The van der Waals surface area contributed by atoms with Gasteiger partial charge < -0.3 is 10.0 Å². The van der Waals surface area contributed by atoms with Gasteiger partial charge in [-0.05, 0) is 11.6 Å². The molecule has 0 aliphatic heterocycles. The van der Waals surface area contributed by atoms with E-state index in [1.54, 1.807) is 0 Å². The Hall–Kier alpha value is -1.12. The first-order valence-electron chi connectivity index (χ1n) is 5.69. The van der Waals surface area contributed by atoms with E-state index in [0.717, 1.165) is 15.2 Å². The summed E-state index contributed by atoms with van der Waals surface area (Å²) in [7, 11) is 1.94. The molecule has 1 aromatic heterocycles. The number of anilines is 1. The van der Waals surface area contributed by atoms with Gasteiger partial charge in [-0.25, -0.2) is 0 Å². The summed E-state index contributed by atoms with van der Waals surface area (Å²) in [6, 6.07) is 8.00. The Bertz CT molecular complexity index is 606. The molecule has 20 heavy (non-hydrogen) atoms. The van der Waals surface area contributed by atoms with Gasteiger partial charge in [0.05, 0.1) is 5.75 Å². The first-order valence-corrected chi connectivity index (χ1v) is 8.28. The minimum Gasteiger partial charge on any atom is -0.481 e. The van der Waals surface area contributed by atoms with Gasteiger partial charge in [0.25, 0.3) is 0 Å². The minimum absolute atomic E-state index is 0.00256. The molecule has 2 rings (SSSR count). The lowest BCUT2D eigenvalue weighted by Gasteiger charge is -2.15. The summed E-state index contributed by atoms with van der Waals surface area (Å²) in [6.07, 6.45) is 0. The number of carboxylic acids is 1. The van der Waals surface area contributed by atoms with Crippen LogP contribution < -0.4 is 4.90 Å². The van der Waals surface area contributed by atoms with E-state index in [0.29, 0.717) is 10.9 Å². The number of aliphatic carboxylic acids is 1. The molecule has 0 aliphatic rings. The summed E-state index contributed by atoms with van der Waals surface area (Å²) in [5.41, 5.74) is 1.16. The van der Waals surface area contributed by atoms with Crippen molar-refractivity contribution in [3.8, 4) is 0 Å². The molecule has 0 fully saturated rings. The number of rotatable bonds is 6. The molecule has 8 heteroatoms. The molecule has 1 N–H and O–H groups in total. The van der Waals surface area contributed by atoms with Gasteiger partial charge in [-0.15, -0.1) is 10.2 Å². The molecular formula is C12H12BrN3O2S2. The summed E-state index contributed by atoms with van der Waals surface area (Å²) >= 11 is 6.10. The Balaban J connectivity index is 2.01. The Kier molecular flexibility index (Phi) is 5.38. The highest BCUT2D eigenvalue weighted by Crippen LogP contribution is 2.28. The highest BCUT2D eigenvalue weighted by molar-refractivity contribution is 9.10. The van der Waals surface area contributed by atoms with E-state index in [-0.39, 0.29) is 5.75 Å². The maximum Gasteiger partial charge on any atom is 0.313 e. The molecule has 0 spiro atoms. The fraction of sp³-hybridized carbons (Fsp3) is 0.250. The topological polar surface area (TPSA) is 66.3 Å². The number of thioether (sulfide) groups is 1. The molecule has 0 amide bonds. The highest BCUT2D eigenvalue weighted by Gasteiger charge is 2.12. The molecule has 0 saturated heterocycles. The van der Waals surface area contributed by atoms with E-state index in [4.69, 9.17) is 5.11 Å². The number of carboxylic acid groups (broad SMARTS) is 1.